The first-order valence-electron chi connectivity index (χ1n) is 5.64. The number of hydrogen-bond donors (Lipinski definition) is 1. The van der Waals surface area contributed by atoms with Crippen LogP contribution < -0.4 is 5.32 Å². The third-order valence-electron chi connectivity index (χ3n) is 2.75. The van der Waals surface area contributed by atoms with Crippen LogP contribution in [0.2, 0.25) is 5.02 Å². The van der Waals surface area contributed by atoms with E-state index < -0.39 is 0 Å². The maximum Gasteiger partial charge on any atom is 0.101 e. The molecule has 0 radical (unpaired) electrons. The average Bonchev–Trinajstić information content (AvgIpc) is 2.34. The lowest BCUT2D eigenvalue weighted by Gasteiger charge is -2.11. The van der Waals surface area contributed by atoms with Gasteiger partial charge in [0.2, 0.25) is 0 Å². The molecule has 2 aromatic carbocycles. The molecule has 90 valence electrons. The van der Waals surface area contributed by atoms with Crippen LogP contribution in [0.1, 0.15) is 16.7 Å². The molecular weight excluding hydrogens is 244 g/mol. The van der Waals surface area contributed by atoms with Crippen molar-refractivity contribution in [3.05, 3.63) is 58.1 Å². The fraction of sp³-hybridized carbons (Fsp3) is 0.133. The summed E-state index contributed by atoms with van der Waals surface area (Å²) in [6.07, 6.45) is 0. The van der Waals surface area contributed by atoms with E-state index in [1.807, 2.05) is 50.2 Å². The van der Waals surface area contributed by atoms with E-state index in [0.29, 0.717) is 10.6 Å². The van der Waals surface area contributed by atoms with Gasteiger partial charge in [-0.3, -0.25) is 0 Å². The quantitative estimate of drug-likeness (QED) is 0.854. The summed E-state index contributed by atoms with van der Waals surface area (Å²) in [6.45, 7) is 3.95. The van der Waals surface area contributed by atoms with Crippen LogP contribution in [0.3, 0.4) is 0 Å². The van der Waals surface area contributed by atoms with Crippen molar-refractivity contribution in [3.8, 4) is 6.07 Å². The van der Waals surface area contributed by atoms with Crippen LogP contribution in [0.5, 0.6) is 0 Å². The van der Waals surface area contributed by atoms with Crippen LogP contribution in [0.4, 0.5) is 11.4 Å². The van der Waals surface area contributed by atoms with Crippen molar-refractivity contribution in [1.82, 2.24) is 0 Å². The van der Waals surface area contributed by atoms with Gasteiger partial charge in [0.05, 0.1) is 11.3 Å². The zero-order valence-corrected chi connectivity index (χ0v) is 11.0. The summed E-state index contributed by atoms with van der Waals surface area (Å²) in [4.78, 5) is 0. The second-order valence-corrected chi connectivity index (χ2v) is 4.68. The highest BCUT2D eigenvalue weighted by Gasteiger charge is 2.04. The van der Waals surface area contributed by atoms with Gasteiger partial charge in [-0.05, 0) is 55.3 Å². The van der Waals surface area contributed by atoms with Gasteiger partial charge in [-0.25, -0.2) is 0 Å². The first-order valence-corrected chi connectivity index (χ1v) is 6.02. The van der Waals surface area contributed by atoms with Gasteiger partial charge in [0.1, 0.15) is 6.07 Å². The van der Waals surface area contributed by atoms with Gasteiger partial charge in [-0.2, -0.15) is 5.26 Å². The number of aryl methyl sites for hydroxylation is 2. The van der Waals surface area contributed by atoms with E-state index in [1.165, 1.54) is 0 Å². The molecule has 0 spiro atoms. The third kappa shape index (κ3) is 2.64. The Morgan fingerprint density at radius 3 is 2.44 bits per heavy atom. The molecule has 2 rings (SSSR count). The summed E-state index contributed by atoms with van der Waals surface area (Å²) in [5.74, 6) is 0. The molecule has 2 aromatic rings. The molecule has 1 N–H and O–H groups in total. The fourth-order valence-electron chi connectivity index (χ4n) is 1.77. The minimum Gasteiger partial charge on any atom is -0.354 e. The Balaban J connectivity index is 2.37. The molecule has 0 unspecified atom stereocenters. The number of nitrogens with one attached hydrogen (secondary N) is 1. The molecule has 18 heavy (non-hydrogen) atoms. The van der Waals surface area contributed by atoms with Crippen molar-refractivity contribution < 1.29 is 0 Å². The number of halogens is 1. The normalized spacial score (nSPS) is 9.89. The Kier molecular flexibility index (Phi) is 3.55. The fourth-order valence-corrected chi connectivity index (χ4v) is 2.00. The number of hydrogen-bond acceptors (Lipinski definition) is 2. The Labute approximate surface area is 112 Å². The van der Waals surface area contributed by atoms with E-state index in [0.717, 1.165) is 22.5 Å². The highest BCUT2D eigenvalue weighted by atomic mass is 35.5. The van der Waals surface area contributed by atoms with Gasteiger partial charge in [-0.15, -0.1) is 0 Å². The first kappa shape index (κ1) is 12.5. The van der Waals surface area contributed by atoms with E-state index in [2.05, 4.69) is 11.4 Å². The summed E-state index contributed by atoms with van der Waals surface area (Å²) < 4.78 is 0. The third-order valence-corrected chi connectivity index (χ3v) is 2.99. The van der Waals surface area contributed by atoms with Crippen molar-refractivity contribution >= 4 is 23.0 Å². The van der Waals surface area contributed by atoms with Crippen LogP contribution in [0.25, 0.3) is 0 Å². The van der Waals surface area contributed by atoms with Gasteiger partial charge >= 0.3 is 0 Å². The predicted molar refractivity (Wildman–Crippen MR) is 75.4 cm³/mol. The van der Waals surface area contributed by atoms with Crippen molar-refractivity contribution in [1.29, 1.82) is 5.26 Å². The number of nitrogens with zero attached hydrogens (tertiary/aromatic N) is 1. The van der Waals surface area contributed by atoms with Crippen LogP contribution in [-0.4, -0.2) is 0 Å². The molecule has 3 heteroatoms. The van der Waals surface area contributed by atoms with E-state index >= 15 is 0 Å². The predicted octanol–water partition coefficient (Wildman–Crippen LogP) is 4.57. The second kappa shape index (κ2) is 5.12. The lowest BCUT2D eigenvalue weighted by molar-refractivity contribution is 1.38. The van der Waals surface area contributed by atoms with E-state index in [4.69, 9.17) is 16.9 Å². The number of nitriles is 1. The standard InChI is InChI=1S/C15H13ClN2/c1-10-3-5-15(12(7-10)9-17)18-14-6-4-13(16)8-11(14)2/h3-8,18H,1-2H3. The largest absolute Gasteiger partial charge is 0.354 e. The van der Waals surface area contributed by atoms with Crippen molar-refractivity contribution in [2.45, 2.75) is 13.8 Å². The summed E-state index contributed by atoms with van der Waals surface area (Å²) in [5.41, 5.74) is 4.54. The monoisotopic (exact) mass is 256 g/mol. The molecule has 0 heterocycles. The molecular formula is C15H13ClN2. The van der Waals surface area contributed by atoms with Gasteiger partial charge in [-0.1, -0.05) is 17.7 Å². The first-order chi connectivity index (χ1) is 8.60. The maximum absolute atomic E-state index is 9.12. The number of anilines is 2. The van der Waals surface area contributed by atoms with Crippen LogP contribution in [0, 0.1) is 25.2 Å². The van der Waals surface area contributed by atoms with Gasteiger partial charge in [0.15, 0.2) is 0 Å². The SMILES string of the molecule is Cc1ccc(Nc2ccc(Cl)cc2C)c(C#N)c1. The highest BCUT2D eigenvalue weighted by molar-refractivity contribution is 6.30. The molecule has 0 aliphatic rings. The van der Waals surface area contributed by atoms with Crippen molar-refractivity contribution in [3.63, 3.8) is 0 Å². The molecule has 0 aromatic heterocycles. The minimum atomic E-state index is 0.643. The average molecular weight is 257 g/mol. The van der Waals surface area contributed by atoms with Crippen LogP contribution in [0.15, 0.2) is 36.4 Å². The van der Waals surface area contributed by atoms with Crippen molar-refractivity contribution in [2.24, 2.45) is 0 Å². The molecule has 0 aliphatic carbocycles. The molecule has 0 saturated heterocycles. The lowest BCUT2D eigenvalue weighted by Crippen LogP contribution is -1.96. The van der Waals surface area contributed by atoms with Gasteiger partial charge in [0, 0.05) is 10.7 Å². The maximum atomic E-state index is 9.12. The smallest absolute Gasteiger partial charge is 0.101 e. The molecule has 2 nitrogen and oxygen atoms in total. The Morgan fingerprint density at radius 2 is 1.78 bits per heavy atom. The Bertz CT molecular complexity index is 627. The van der Waals surface area contributed by atoms with Gasteiger partial charge in [0.25, 0.3) is 0 Å². The molecule has 0 aliphatic heterocycles. The Hall–Kier alpha value is -1.98. The highest BCUT2D eigenvalue weighted by Crippen LogP contribution is 2.25. The van der Waals surface area contributed by atoms with Crippen LogP contribution >= 0.6 is 11.6 Å². The summed E-state index contributed by atoms with van der Waals surface area (Å²) in [7, 11) is 0. The zero-order chi connectivity index (χ0) is 13.1. The summed E-state index contributed by atoms with van der Waals surface area (Å²) >= 11 is 5.92. The molecule has 0 atom stereocenters. The second-order valence-electron chi connectivity index (χ2n) is 4.25. The number of rotatable bonds is 2. The molecule has 0 fully saturated rings. The van der Waals surface area contributed by atoms with E-state index in [1.54, 1.807) is 0 Å². The molecule has 0 amide bonds. The summed E-state index contributed by atoms with van der Waals surface area (Å²) in [6, 6.07) is 13.6. The minimum absolute atomic E-state index is 0.643. The summed E-state index contributed by atoms with van der Waals surface area (Å²) in [5, 5.41) is 13.1. The van der Waals surface area contributed by atoms with E-state index in [-0.39, 0.29) is 0 Å². The number of benzene rings is 2. The molecule has 0 bridgehead atoms. The van der Waals surface area contributed by atoms with Gasteiger partial charge < -0.3 is 5.32 Å². The van der Waals surface area contributed by atoms with Crippen molar-refractivity contribution in [2.75, 3.05) is 5.32 Å². The Morgan fingerprint density at radius 1 is 1.06 bits per heavy atom. The topological polar surface area (TPSA) is 35.8 Å². The lowest BCUT2D eigenvalue weighted by atomic mass is 10.1. The van der Waals surface area contributed by atoms with E-state index in [9.17, 15) is 0 Å². The van der Waals surface area contributed by atoms with Crippen LogP contribution in [-0.2, 0) is 0 Å². The molecule has 0 saturated carbocycles. The zero-order valence-electron chi connectivity index (χ0n) is 10.3.